The molecule has 0 atom stereocenters. The lowest BCUT2D eigenvalue weighted by atomic mass is 10.1. The number of nitrogens with one attached hydrogen (secondary N) is 2. The van der Waals surface area contributed by atoms with E-state index in [9.17, 15) is 10.1 Å². The number of nitro groups is 1. The van der Waals surface area contributed by atoms with E-state index in [1.54, 1.807) is 13.2 Å². The highest BCUT2D eigenvalue weighted by Crippen LogP contribution is 2.34. The summed E-state index contributed by atoms with van der Waals surface area (Å²) >= 11 is 0. The molecule has 1 aromatic carbocycles. The molecule has 0 amide bonds. The number of hydrogen-bond donors (Lipinski definition) is 2. The van der Waals surface area contributed by atoms with Crippen LogP contribution in [0.4, 0.5) is 23.0 Å². The minimum absolute atomic E-state index is 0.121. The Balaban J connectivity index is 2.34. The molecule has 8 heteroatoms. The molecule has 1 heterocycles. The first kappa shape index (κ1) is 18.4. The van der Waals surface area contributed by atoms with Gasteiger partial charge in [0, 0.05) is 6.54 Å². The number of nitrogens with zero attached hydrogens (tertiary/aromatic N) is 3. The maximum atomic E-state index is 11.6. The maximum Gasteiger partial charge on any atom is 0.353 e. The molecular formula is C17H23N5O3. The highest BCUT2D eigenvalue weighted by molar-refractivity contribution is 5.76. The van der Waals surface area contributed by atoms with E-state index in [0.29, 0.717) is 23.9 Å². The van der Waals surface area contributed by atoms with E-state index in [0.717, 1.165) is 12.0 Å². The first-order valence-corrected chi connectivity index (χ1v) is 8.07. The normalized spacial score (nSPS) is 10.6. The van der Waals surface area contributed by atoms with Gasteiger partial charge >= 0.3 is 5.69 Å². The molecule has 0 aliphatic carbocycles. The van der Waals surface area contributed by atoms with E-state index < -0.39 is 4.92 Å². The van der Waals surface area contributed by atoms with E-state index in [1.165, 1.54) is 6.33 Å². The quantitative estimate of drug-likeness (QED) is 0.552. The molecule has 0 saturated carbocycles. The standard InChI is InChI=1S/C17H23N5O3/c1-11(2)7-8-18-16-15(22(23)24)17(20-10-19-16)21-13-9-12(3)5-6-14(13)25-4/h5-6,9-11H,7-8H2,1-4H3,(H2,18,19,20,21). The lowest BCUT2D eigenvalue weighted by Gasteiger charge is -2.13. The Morgan fingerprint density at radius 3 is 2.64 bits per heavy atom. The summed E-state index contributed by atoms with van der Waals surface area (Å²) in [6.45, 7) is 6.71. The fourth-order valence-corrected chi connectivity index (χ4v) is 2.30. The monoisotopic (exact) mass is 345 g/mol. The topological polar surface area (TPSA) is 102 Å². The number of anilines is 3. The van der Waals surface area contributed by atoms with Crippen molar-refractivity contribution in [3.63, 3.8) is 0 Å². The summed E-state index contributed by atoms with van der Waals surface area (Å²) in [5.74, 6) is 1.39. The average molecular weight is 345 g/mol. The molecule has 1 aromatic heterocycles. The van der Waals surface area contributed by atoms with Gasteiger partial charge in [-0.2, -0.15) is 0 Å². The van der Waals surface area contributed by atoms with Crippen LogP contribution in [0.3, 0.4) is 0 Å². The second-order valence-electron chi connectivity index (χ2n) is 6.11. The first-order valence-electron chi connectivity index (χ1n) is 8.07. The Kier molecular flexibility index (Phi) is 6.10. The number of methoxy groups -OCH3 is 1. The third-order valence-electron chi connectivity index (χ3n) is 3.63. The second-order valence-corrected chi connectivity index (χ2v) is 6.11. The molecule has 2 aromatic rings. The molecule has 2 rings (SSSR count). The van der Waals surface area contributed by atoms with E-state index in [1.807, 2.05) is 19.1 Å². The van der Waals surface area contributed by atoms with E-state index in [4.69, 9.17) is 4.74 Å². The third-order valence-corrected chi connectivity index (χ3v) is 3.63. The summed E-state index contributed by atoms with van der Waals surface area (Å²) in [7, 11) is 1.54. The fourth-order valence-electron chi connectivity index (χ4n) is 2.30. The number of ether oxygens (including phenoxy) is 1. The van der Waals surface area contributed by atoms with Gasteiger partial charge < -0.3 is 15.4 Å². The predicted molar refractivity (Wildman–Crippen MR) is 97.6 cm³/mol. The zero-order valence-corrected chi connectivity index (χ0v) is 14.9. The highest BCUT2D eigenvalue weighted by atomic mass is 16.6. The van der Waals surface area contributed by atoms with Crippen molar-refractivity contribution in [2.45, 2.75) is 27.2 Å². The summed E-state index contributed by atoms with van der Waals surface area (Å²) in [6.07, 6.45) is 2.19. The lowest BCUT2D eigenvalue weighted by Crippen LogP contribution is -2.10. The van der Waals surface area contributed by atoms with Crippen LogP contribution in [0, 0.1) is 23.0 Å². The van der Waals surface area contributed by atoms with Gasteiger partial charge in [0.1, 0.15) is 12.1 Å². The zero-order valence-electron chi connectivity index (χ0n) is 14.9. The number of aromatic nitrogens is 2. The fraction of sp³-hybridized carbons (Fsp3) is 0.412. The second kappa shape index (κ2) is 8.27. The van der Waals surface area contributed by atoms with Gasteiger partial charge in [0.15, 0.2) is 0 Å². The molecule has 0 bridgehead atoms. The summed E-state index contributed by atoms with van der Waals surface area (Å²) in [5, 5.41) is 17.6. The van der Waals surface area contributed by atoms with Gasteiger partial charge in [-0.25, -0.2) is 9.97 Å². The van der Waals surface area contributed by atoms with Crippen LogP contribution in [0.1, 0.15) is 25.8 Å². The maximum absolute atomic E-state index is 11.6. The van der Waals surface area contributed by atoms with Crippen LogP contribution in [0.25, 0.3) is 0 Å². The lowest BCUT2D eigenvalue weighted by molar-refractivity contribution is -0.383. The Labute approximate surface area is 146 Å². The van der Waals surface area contributed by atoms with Crippen molar-refractivity contribution >= 4 is 23.0 Å². The minimum Gasteiger partial charge on any atom is -0.495 e. The van der Waals surface area contributed by atoms with Crippen molar-refractivity contribution in [3.8, 4) is 5.75 Å². The molecule has 0 aliphatic heterocycles. The first-order chi connectivity index (χ1) is 11.9. The van der Waals surface area contributed by atoms with Crippen molar-refractivity contribution in [3.05, 3.63) is 40.2 Å². The summed E-state index contributed by atoms with van der Waals surface area (Å²) in [4.78, 5) is 19.2. The molecule has 8 nitrogen and oxygen atoms in total. The van der Waals surface area contributed by atoms with E-state index >= 15 is 0 Å². The van der Waals surface area contributed by atoms with Gasteiger partial charge in [-0.15, -0.1) is 0 Å². The zero-order chi connectivity index (χ0) is 18.4. The van der Waals surface area contributed by atoms with Gasteiger partial charge in [-0.3, -0.25) is 10.1 Å². The van der Waals surface area contributed by atoms with E-state index in [-0.39, 0.29) is 17.3 Å². The summed E-state index contributed by atoms with van der Waals surface area (Å²) < 4.78 is 5.30. The Bertz CT molecular complexity index is 749. The third kappa shape index (κ3) is 4.79. The van der Waals surface area contributed by atoms with Crippen LogP contribution in [-0.4, -0.2) is 28.5 Å². The molecule has 0 unspecified atom stereocenters. The number of benzene rings is 1. The van der Waals surface area contributed by atoms with Crippen LogP contribution in [0.5, 0.6) is 5.75 Å². The predicted octanol–water partition coefficient (Wildman–Crippen LogP) is 3.90. The molecule has 0 aliphatic rings. The van der Waals surface area contributed by atoms with Crippen molar-refractivity contribution in [1.82, 2.24) is 9.97 Å². The van der Waals surface area contributed by atoms with Gasteiger partial charge in [0.05, 0.1) is 17.7 Å². The van der Waals surface area contributed by atoms with Crippen LogP contribution < -0.4 is 15.4 Å². The van der Waals surface area contributed by atoms with E-state index in [2.05, 4.69) is 34.4 Å². The molecule has 0 saturated heterocycles. The summed E-state index contributed by atoms with van der Waals surface area (Å²) in [6, 6.07) is 5.54. The SMILES string of the molecule is COc1ccc(C)cc1Nc1ncnc(NCCC(C)C)c1[N+](=O)[O-]. The van der Waals surface area contributed by atoms with Crippen molar-refractivity contribution in [2.75, 3.05) is 24.3 Å². The molecular weight excluding hydrogens is 322 g/mol. The minimum atomic E-state index is -0.484. The molecule has 134 valence electrons. The van der Waals surface area contributed by atoms with Crippen molar-refractivity contribution in [2.24, 2.45) is 5.92 Å². The summed E-state index contributed by atoms with van der Waals surface area (Å²) in [5.41, 5.74) is 1.42. The van der Waals surface area contributed by atoms with Crippen molar-refractivity contribution < 1.29 is 9.66 Å². The smallest absolute Gasteiger partial charge is 0.353 e. The van der Waals surface area contributed by atoms with Crippen LogP contribution in [0.15, 0.2) is 24.5 Å². The van der Waals surface area contributed by atoms with Crippen LogP contribution >= 0.6 is 0 Å². The molecule has 0 spiro atoms. The number of aryl methyl sites for hydroxylation is 1. The number of hydrogen-bond acceptors (Lipinski definition) is 7. The Morgan fingerprint density at radius 1 is 1.28 bits per heavy atom. The van der Waals surface area contributed by atoms with Gasteiger partial charge in [0.25, 0.3) is 0 Å². The highest BCUT2D eigenvalue weighted by Gasteiger charge is 2.23. The van der Waals surface area contributed by atoms with Gasteiger partial charge in [-0.1, -0.05) is 19.9 Å². The molecule has 0 fully saturated rings. The van der Waals surface area contributed by atoms with Crippen LogP contribution in [0.2, 0.25) is 0 Å². The molecule has 0 radical (unpaired) electrons. The molecule has 25 heavy (non-hydrogen) atoms. The van der Waals surface area contributed by atoms with Gasteiger partial charge in [0.2, 0.25) is 11.6 Å². The average Bonchev–Trinajstić information content (AvgIpc) is 2.54. The largest absolute Gasteiger partial charge is 0.495 e. The number of rotatable bonds is 8. The van der Waals surface area contributed by atoms with Crippen LogP contribution in [-0.2, 0) is 0 Å². The Hall–Kier alpha value is -2.90. The Morgan fingerprint density at radius 2 is 2.00 bits per heavy atom. The van der Waals surface area contributed by atoms with Crippen molar-refractivity contribution in [1.29, 1.82) is 0 Å². The molecule has 2 N–H and O–H groups in total. The van der Waals surface area contributed by atoms with Gasteiger partial charge in [-0.05, 0) is 37.0 Å².